The number of carbonyl (C=O) groups is 1. The lowest BCUT2D eigenvalue weighted by atomic mass is 10.2. The molecule has 0 aliphatic heterocycles. The Morgan fingerprint density at radius 1 is 1.21 bits per heavy atom. The number of ether oxygens (including phenoxy) is 2. The van der Waals surface area contributed by atoms with Crippen LogP contribution in [-0.4, -0.2) is 29.7 Å². The molecular weight excluding hydrogens is 374 g/mol. The first kappa shape index (κ1) is 17.9. The smallest absolute Gasteiger partial charge is 0.281 e. The van der Waals surface area contributed by atoms with Gasteiger partial charge in [-0.3, -0.25) is 4.79 Å². The molecular formula is C21H17N3O3S. The highest BCUT2D eigenvalue weighted by atomic mass is 32.1. The summed E-state index contributed by atoms with van der Waals surface area (Å²) in [6.45, 7) is 0.253. The van der Waals surface area contributed by atoms with Gasteiger partial charge in [-0.05, 0) is 18.2 Å². The van der Waals surface area contributed by atoms with Gasteiger partial charge in [0.15, 0.2) is 4.80 Å². The Morgan fingerprint density at radius 3 is 2.71 bits per heavy atom. The van der Waals surface area contributed by atoms with Gasteiger partial charge in [0.2, 0.25) is 0 Å². The van der Waals surface area contributed by atoms with E-state index in [1.165, 1.54) is 11.3 Å². The average molecular weight is 391 g/mol. The minimum atomic E-state index is -0.340. The molecule has 0 saturated heterocycles. The fourth-order valence-electron chi connectivity index (χ4n) is 3.17. The molecule has 0 saturated carbocycles. The third kappa shape index (κ3) is 2.84. The number of benzene rings is 2. The molecule has 0 atom stereocenters. The van der Waals surface area contributed by atoms with Gasteiger partial charge in [0.05, 0.1) is 26.3 Å². The topological polar surface area (TPSA) is 68.6 Å². The number of H-pyrrole nitrogens is 1. The Kier molecular flexibility index (Phi) is 4.63. The lowest BCUT2D eigenvalue weighted by Crippen LogP contribution is -2.16. The number of hydrogen-bond donors (Lipinski definition) is 1. The quantitative estimate of drug-likeness (QED) is 0.541. The molecule has 2 aromatic carbocycles. The van der Waals surface area contributed by atoms with Crippen molar-refractivity contribution in [2.24, 2.45) is 4.99 Å². The molecule has 0 bridgehead atoms. The number of rotatable bonds is 4. The fraction of sp³-hybridized carbons (Fsp3) is 0.143. The number of carbonyl (C=O) groups excluding carboxylic acids is 1. The normalized spacial score (nSPS) is 11.7. The van der Waals surface area contributed by atoms with Crippen LogP contribution < -0.4 is 14.3 Å². The van der Waals surface area contributed by atoms with Gasteiger partial charge in [0.1, 0.15) is 21.7 Å². The highest BCUT2D eigenvalue weighted by Crippen LogP contribution is 2.35. The van der Waals surface area contributed by atoms with Crippen LogP contribution in [0.4, 0.5) is 0 Å². The van der Waals surface area contributed by atoms with E-state index in [4.69, 9.17) is 15.9 Å². The molecule has 2 aromatic heterocycles. The molecule has 2 heterocycles. The number of nitrogens with zero attached hydrogens (tertiary/aromatic N) is 2. The second kappa shape index (κ2) is 7.25. The molecule has 4 rings (SSSR count). The number of hydrogen-bond acceptors (Lipinski definition) is 4. The second-order valence-corrected chi connectivity index (χ2v) is 6.97. The predicted octanol–water partition coefficient (Wildman–Crippen LogP) is 3.58. The van der Waals surface area contributed by atoms with Crippen LogP contribution in [0.15, 0.2) is 47.6 Å². The molecule has 0 fully saturated rings. The lowest BCUT2D eigenvalue weighted by molar-refractivity contribution is 0.0999. The molecule has 140 valence electrons. The SMILES string of the molecule is C#CCn1c(=NC(=O)c2c[nH]c3ccccc23)sc2c(OC)ccc(OC)c21. The third-order valence-corrected chi connectivity index (χ3v) is 5.55. The van der Waals surface area contributed by atoms with Crippen LogP contribution in [-0.2, 0) is 6.54 Å². The van der Waals surface area contributed by atoms with E-state index in [1.807, 2.05) is 36.4 Å². The molecule has 0 spiro atoms. The first-order valence-corrected chi connectivity index (χ1v) is 9.32. The maximum Gasteiger partial charge on any atom is 0.281 e. The third-order valence-electron chi connectivity index (χ3n) is 4.46. The summed E-state index contributed by atoms with van der Waals surface area (Å²) < 4.78 is 13.6. The summed E-state index contributed by atoms with van der Waals surface area (Å²) in [5, 5.41) is 0.830. The maximum absolute atomic E-state index is 12.9. The van der Waals surface area contributed by atoms with Crippen molar-refractivity contribution < 1.29 is 14.3 Å². The minimum absolute atomic E-state index is 0.253. The van der Waals surface area contributed by atoms with Crippen molar-refractivity contribution in [1.82, 2.24) is 9.55 Å². The summed E-state index contributed by atoms with van der Waals surface area (Å²) in [5.41, 5.74) is 2.16. The van der Waals surface area contributed by atoms with Gasteiger partial charge in [-0.1, -0.05) is 35.5 Å². The number of para-hydroxylation sites is 1. The fourth-order valence-corrected chi connectivity index (χ4v) is 4.31. The van der Waals surface area contributed by atoms with Crippen molar-refractivity contribution in [3.05, 3.63) is 53.0 Å². The average Bonchev–Trinajstić information content (AvgIpc) is 3.30. The van der Waals surface area contributed by atoms with Crippen LogP contribution in [0.25, 0.3) is 21.1 Å². The van der Waals surface area contributed by atoms with Gasteiger partial charge in [-0.2, -0.15) is 4.99 Å². The Morgan fingerprint density at radius 2 is 1.96 bits per heavy atom. The number of nitrogens with one attached hydrogen (secondary N) is 1. The zero-order valence-corrected chi connectivity index (χ0v) is 16.2. The standard InChI is InChI=1S/C21H17N3O3S/c1-4-11-24-18-16(26-2)9-10-17(27-3)19(18)28-21(24)23-20(25)14-12-22-15-8-6-5-7-13(14)15/h1,5-10,12,22H,11H2,2-3H3. The second-order valence-electron chi connectivity index (χ2n) is 5.99. The molecule has 0 unspecified atom stereocenters. The van der Waals surface area contributed by atoms with E-state index in [0.717, 1.165) is 21.1 Å². The van der Waals surface area contributed by atoms with Crippen LogP contribution in [0.1, 0.15) is 10.4 Å². The molecule has 0 aliphatic rings. The number of aromatic amines is 1. The summed E-state index contributed by atoms with van der Waals surface area (Å²) in [6.07, 6.45) is 7.25. The number of amides is 1. The van der Waals surface area contributed by atoms with E-state index in [2.05, 4.69) is 15.9 Å². The maximum atomic E-state index is 12.9. The van der Waals surface area contributed by atoms with E-state index in [9.17, 15) is 4.79 Å². The van der Waals surface area contributed by atoms with E-state index < -0.39 is 0 Å². The first-order valence-electron chi connectivity index (χ1n) is 8.51. The van der Waals surface area contributed by atoms with E-state index in [0.29, 0.717) is 21.9 Å². The Bertz CT molecular complexity index is 1300. The van der Waals surface area contributed by atoms with E-state index in [-0.39, 0.29) is 12.5 Å². The monoisotopic (exact) mass is 391 g/mol. The first-order chi connectivity index (χ1) is 13.7. The lowest BCUT2D eigenvalue weighted by Gasteiger charge is -2.08. The van der Waals surface area contributed by atoms with Gasteiger partial charge < -0.3 is 19.0 Å². The van der Waals surface area contributed by atoms with Crippen LogP contribution in [0, 0.1) is 12.3 Å². The number of thiazole rings is 1. The van der Waals surface area contributed by atoms with E-state index >= 15 is 0 Å². The molecule has 7 heteroatoms. The van der Waals surface area contributed by atoms with Crippen LogP contribution in [0.5, 0.6) is 11.5 Å². The molecule has 0 aliphatic carbocycles. The number of terminal acetylenes is 1. The van der Waals surface area contributed by atoms with Crippen LogP contribution >= 0.6 is 11.3 Å². The zero-order chi connectivity index (χ0) is 19.7. The predicted molar refractivity (Wildman–Crippen MR) is 110 cm³/mol. The van der Waals surface area contributed by atoms with Crippen molar-refractivity contribution in [1.29, 1.82) is 0 Å². The summed E-state index contributed by atoms with van der Waals surface area (Å²) in [4.78, 5) is 20.9. The van der Waals surface area contributed by atoms with Crippen molar-refractivity contribution in [3.63, 3.8) is 0 Å². The molecule has 28 heavy (non-hydrogen) atoms. The van der Waals surface area contributed by atoms with Crippen molar-refractivity contribution in [3.8, 4) is 23.8 Å². The molecule has 1 N–H and O–H groups in total. The molecule has 6 nitrogen and oxygen atoms in total. The summed E-state index contributed by atoms with van der Waals surface area (Å²) in [7, 11) is 3.19. The Balaban J connectivity index is 1.96. The summed E-state index contributed by atoms with van der Waals surface area (Å²) >= 11 is 1.34. The number of aromatic nitrogens is 2. The van der Waals surface area contributed by atoms with Crippen molar-refractivity contribution in [2.45, 2.75) is 6.54 Å². The Hall–Kier alpha value is -3.50. The minimum Gasteiger partial charge on any atom is -0.495 e. The van der Waals surface area contributed by atoms with Gasteiger partial charge in [0.25, 0.3) is 5.91 Å². The van der Waals surface area contributed by atoms with Gasteiger partial charge in [0, 0.05) is 17.1 Å². The van der Waals surface area contributed by atoms with Gasteiger partial charge in [-0.25, -0.2) is 0 Å². The highest BCUT2D eigenvalue weighted by Gasteiger charge is 2.17. The zero-order valence-electron chi connectivity index (χ0n) is 15.4. The van der Waals surface area contributed by atoms with E-state index in [1.54, 1.807) is 25.0 Å². The highest BCUT2D eigenvalue weighted by molar-refractivity contribution is 7.16. The van der Waals surface area contributed by atoms with Crippen LogP contribution in [0.2, 0.25) is 0 Å². The summed E-state index contributed by atoms with van der Waals surface area (Å²) in [6, 6.07) is 11.2. The number of fused-ring (bicyclic) bond motifs is 2. The molecule has 0 radical (unpaired) electrons. The van der Waals surface area contributed by atoms with Gasteiger partial charge in [-0.15, -0.1) is 6.42 Å². The van der Waals surface area contributed by atoms with Crippen molar-refractivity contribution in [2.75, 3.05) is 14.2 Å². The Labute approximate surface area is 165 Å². The van der Waals surface area contributed by atoms with Crippen molar-refractivity contribution >= 4 is 38.4 Å². The summed E-state index contributed by atoms with van der Waals surface area (Å²) in [5.74, 6) is 3.60. The number of methoxy groups -OCH3 is 2. The molecule has 4 aromatic rings. The largest absolute Gasteiger partial charge is 0.495 e. The van der Waals surface area contributed by atoms with Gasteiger partial charge >= 0.3 is 0 Å². The molecule has 1 amide bonds. The van der Waals surface area contributed by atoms with Crippen LogP contribution in [0.3, 0.4) is 0 Å².